The SMILES string of the molecule is CCCCCCC/C=C\C/C=C\CCCCCCCCCCCCCCCCCC(=O)OC(COC(=O)CCCCCCCCCCCCCCCCCCCCCC)COP(=O)(O)OCC[N+](C)(C)C. The highest BCUT2D eigenvalue weighted by Crippen LogP contribution is 2.43. The molecule has 0 amide bonds. The van der Waals surface area contributed by atoms with E-state index in [1.54, 1.807) is 0 Å². The van der Waals surface area contributed by atoms with Crippen LogP contribution < -0.4 is 0 Å². The molecule has 0 saturated carbocycles. The van der Waals surface area contributed by atoms with Gasteiger partial charge in [0.2, 0.25) is 0 Å². The first-order valence-corrected chi connectivity index (χ1v) is 32.1. The Bertz CT molecular complexity index is 1250. The lowest BCUT2D eigenvalue weighted by atomic mass is 10.0. The van der Waals surface area contributed by atoms with Gasteiger partial charge in [-0.1, -0.05) is 269 Å². The molecule has 71 heavy (non-hydrogen) atoms. The summed E-state index contributed by atoms with van der Waals surface area (Å²) in [6.07, 6.45) is 63.9. The Kier molecular flexibility index (Phi) is 52.2. The molecule has 0 rings (SSSR count). The lowest BCUT2D eigenvalue weighted by Crippen LogP contribution is -2.37. The topological polar surface area (TPSA) is 108 Å². The van der Waals surface area contributed by atoms with E-state index in [1.807, 2.05) is 21.1 Å². The number of quaternary nitrogens is 1. The highest BCUT2D eigenvalue weighted by atomic mass is 31.2. The molecule has 0 saturated heterocycles. The summed E-state index contributed by atoms with van der Waals surface area (Å²) in [6.45, 7) is 4.48. The highest BCUT2D eigenvalue weighted by molar-refractivity contribution is 7.47. The number of likely N-dealkylation sites (N-methyl/N-ethyl adjacent to an activating group) is 1. The van der Waals surface area contributed by atoms with Gasteiger partial charge in [0.1, 0.15) is 19.8 Å². The first kappa shape index (κ1) is 69.5. The fraction of sp³-hybridized carbons (Fsp3) is 0.902. The van der Waals surface area contributed by atoms with Gasteiger partial charge >= 0.3 is 19.8 Å². The Hall–Kier alpha value is -1.51. The van der Waals surface area contributed by atoms with E-state index >= 15 is 0 Å². The largest absolute Gasteiger partial charge is 0.472 e. The van der Waals surface area contributed by atoms with Crippen LogP contribution in [0.1, 0.15) is 303 Å². The Morgan fingerprint density at radius 3 is 1.11 bits per heavy atom. The minimum Gasteiger partial charge on any atom is -0.462 e. The average molecular weight is 1030 g/mol. The fourth-order valence-corrected chi connectivity index (χ4v) is 9.73. The Labute approximate surface area is 440 Å². The van der Waals surface area contributed by atoms with E-state index in [2.05, 4.69) is 38.2 Å². The van der Waals surface area contributed by atoms with E-state index in [-0.39, 0.29) is 25.6 Å². The van der Waals surface area contributed by atoms with Gasteiger partial charge in [0, 0.05) is 12.8 Å². The number of phosphoric ester groups is 1. The summed E-state index contributed by atoms with van der Waals surface area (Å²) in [5, 5.41) is 0. The van der Waals surface area contributed by atoms with Crippen LogP contribution in [0.3, 0.4) is 0 Å². The lowest BCUT2D eigenvalue weighted by Gasteiger charge is -2.24. The summed E-state index contributed by atoms with van der Waals surface area (Å²) in [7, 11) is 1.49. The number of nitrogens with zero attached hydrogens (tertiary/aromatic N) is 1. The minimum absolute atomic E-state index is 0.0349. The van der Waals surface area contributed by atoms with Gasteiger partial charge in [-0.05, 0) is 44.9 Å². The molecule has 9 nitrogen and oxygen atoms in total. The number of hydrogen-bond acceptors (Lipinski definition) is 7. The molecule has 0 fully saturated rings. The maximum absolute atomic E-state index is 12.8. The van der Waals surface area contributed by atoms with E-state index < -0.39 is 26.5 Å². The zero-order chi connectivity index (χ0) is 52.0. The standard InChI is InChI=1S/C61H118NO8P/c1-6-8-10-12-14-16-18-20-22-24-26-28-29-30-31-32-33-34-36-38-40-42-44-46-48-50-52-54-61(64)70-59(58-69-71(65,66)68-56-55-62(3,4)5)57-67-60(63)53-51-49-47-45-43-41-39-37-35-27-25-23-21-19-17-15-13-11-9-7-2/h18,20,24,26,59H,6-17,19,21-23,25,27-58H2,1-5H3/p+1/b20-18-,26-24-. The van der Waals surface area contributed by atoms with Crippen LogP contribution in [0.15, 0.2) is 24.3 Å². The minimum atomic E-state index is -4.38. The van der Waals surface area contributed by atoms with Crippen LogP contribution in [-0.2, 0) is 32.7 Å². The van der Waals surface area contributed by atoms with Crippen LogP contribution >= 0.6 is 7.82 Å². The molecule has 1 N–H and O–H groups in total. The van der Waals surface area contributed by atoms with Gasteiger partial charge in [0.05, 0.1) is 27.7 Å². The second kappa shape index (κ2) is 53.3. The summed E-state index contributed by atoms with van der Waals surface area (Å²) >= 11 is 0. The second-order valence-corrected chi connectivity index (χ2v) is 23.6. The molecule has 0 heterocycles. The number of rotatable bonds is 57. The molecular weight excluding hydrogens is 906 g/mol. The van der Waals surface area contributed by atoms with Gasteiger partial charge < -0.3 is 18.9 Å². The van der Waals surface area contributed by atoms with Gasteiger partial charge in [-0.2, -0.15) is 0 Å². The maximum Gasteiger partial charge on any atom is 0.472 e. The number of hydrogen-bond donors (Lipinski definition) is 1. The van der Waals surface area contributed by atoms with Crippen molar-refractivity contribution in [2.24, 2.45) is 0 Å². The third kappa shape index (κ3) is 57.6. The molecule has 0 spiro atoms. The molecule has 0 aliphatic heterocycles. The maximum atomic E-state index is 12.8. The summed E-state index contributed by atoms with van der Waals surface area (Å²) in [6, 6.07) is 0. The highest BCUT2D eigenvalue weighted by Gasteiger charge is 2.27. The predicted molar refractivity (Wildman–Crippen MR) is 303 cm³/mol. The van der Waals surface area contributed by atoms with Gasteiger partial charge in [0.15, 0.2) is 6.10 Å². The molecule has 0 aromatic carbocycles. The normalized spacial score (nSPS) is 13.4. The zero-order valence-electron chi connectivity index (χ0n) is 47.7. The Morgan fingerprint density at radius 1 is 0.437 bits per heavy atom. The van der Waals surface area contributed by atoms with E-state index in [9.17, 15) is 19.0 Å². The number of carbonyl (C=O) groups is 2. The second-order valence-electron chi connectivity index (χ2n) is 22.1. The van der Waals surface area contributed by atoms with Crippen LogP contribution in [0.5, 0.6) is 0 Å². The van der Waals surface area contributed by atoms with Crippen molar-refractivity contribution in [1.29, 1.82) is 0 Å². The molecule has 0 aliphatic carbocycles. The van der Waals surface area contributed by atoms with Crippen molar-refractivity contribution >= 4 is 19.8 Å². The first-order valence-electron chi connectivity index (χ1n) is 30.6. The van der Waals surface area contributed by atoms with Crippen LogP contribution in [0.4, 0.5) is 0 Å². The molecule has 420 valence electrons. The van der Waals surface area contributed by atoms with Gasteiger partial charge in [-0.3, -0.25) is 18.6 Å². The van der Waals surface area contributed by atoms with Crippen molar-refractivity contribution in [2.75, 3.05) is 47.5 Å². The van der Waals surface area contributed by atoms with Crippen molar-refractivity contribution in [1.82, 2.24) is 0 Å². The van der Waals surface area contributed by atoms with Crippen LogP contribution in [0.25, 0.3) is 0 Å². The van der Waals surface area contributed by atoms with Gasteiger partial charge in [-0.25, -0.2) is 4.57 Å². The van der Waals surface area contributed by atoms with Crippen molar-refractivity contribution < 1.29 is 42.1 Å². The van der Waals surface area contributed by atoms with Gasteiger partial charge in [0.25, 0.3) is 0 Å². The molecule has 0 aromatic heterocycles. The number of phosphoric acid groups is 1. The predicted octanol–water partition coefficient (Wildman–Crippen LogP) is 19.0. The Balaban J connectivity index is 4.09. The molecule has 0 bridgehead atoms. The van der Waals surface area contributed by atoms with Crippen molar-refractivity contribution in [2.45, 2.75) is 309 Å². The van der Waals surface area contributed by atoms with E-state index in [0.29, 0.717) is 23.9 Å². The summed E-state index contributed by atoms with van der Waals surface area (Å²) in [5.41, 5.74) is 0. The number of esters is 2. The third-order valence-corrected chi connectivity index (χ3v) is 14.7. The zero-order valence-corrected chi connectivity index (χ0v) is 48.6. The van der Waals surface area contributed by atoms with E-state index in [1.165, 1.54) is 231 Å². The summed E-state index contributed by atoms with van der Waals surface area (Å²) < 4.78 is 34.6. The first-order chi connectivity index (χ1) is 34.5. The van der Waals surface area contributed by atoms with E-state index in [4.69, 9.17) is 18.5 Å². The fourth-order valence-electron chi connectivity index (χ4n) is 8.99. The van der Waals surface area contributed by atoms with Crippen molar-refractivity contribution in [3.8, 4) is 0 Å². The number of ether oxygens (including phenoxy) is 2. The molecule has 10 heteroatoms. The van der Waals surface area contributed by atoms with Crippen molar-refractivity contribution in [3.05, 3.63) is 24.3 Å². The van der Waals surface area contributed by atoms with Crippen molar-refractivity contribution in [3.63, 3.8) is 0 Å². The monoisotopic (exact) mass is 1020 g/mol. The van der Waals surface area contributed by atoms with E-state index in [0.717, 1.165) is 38.5 Å². The van der Waals surface area contributed by atoms with Gasteiger partial charge in [-0.15, -0.1) is 0 Å². The number of carbonyl (C=O) groups excluding carboxylic acids is 2. The molecular formula is C61H119NO8P+. The molecule has 0 aromatic rings. The summed E-state index contributed by atoms with van der Waals surface area (Å²) in [4.78, 5) is 35.7. The number of allylic oxidation sites excluding steroid dienone is 4. The Morgan fingerprint density at radius 2 is 0.761 bits per heavy atom. The third-order valence-electron chi connectivity index (χ3n) is 13.7. The molecule has 2 atom stereocenters. The average Bonchev–Trinajstić information content (AvgIpc) is 3.33. The smallest absolute Gasteiger partial charge is 0.462 e. The van der Waals surface area contributed by atoms with Crippen LogP contribution in [0, 0.1) is 0 Å². The van der Waals surface area contributed by atoms with Crippen LogP contribution in [0.2, 0.25) is 0 Å². The summed E-state index contributed by atoms with van der Waals surface area (Å²) in [5.74, 6) is -0.778. The van der Waals surface area contributed by atoms with Crippen LogP contribution in [-0.4, -0.2) is 74.9 Å². The lowest BCUT2D eigenvalue weighted by molar-refractivity contribution is -0.870. The molecule has 0 aliphatic rings. The number of unbranched alkanes of at least 4 members (excludes halogenated alkanes) is 39. The molecule has 2 unspecified atom stereocenters. The quantitative estimate of drug-likeness (QED) is 0.0211. The molecule has 0 radical (unpaired) electrons.